The lowest BCUT2D eigenvalue weighted by Crippen LogP contribution is -2.17. The first kappa shape index (κ1) is 19.8. The van der Waals surface area contributed by atoms with E-state index in [1.165, 1.54) is 0 Å². The van der Waals surface area contributed by atoms with Gasteiger partial charge in [0, 0.05) is 24.0 Å². The minimum atomic E-state index is -0.346. The molecule has 2 atom stereocenters. The molecule has 6 heteroatoms. The van der Waals surface area contributed by atoms with Gasteiger partial charge in [-0.1, -0.05) is 37.4 Å². The van der Waals surface area contributed by atoms with Crippen LogP contribution in [0.15, 0.2) is 72.8 Å². The second-order valence-corrected chi connectivity index (χ2v) is 7.34. The SMILES string of the molecule is C=C1CC(COc2ccc(-c3ccc(OCC4CC(=C)C(=O)O4)cc3)cc2)OC1=O. The second-order valence-electron chi connectivity index (χ2n) is 7.34. The Kier molecular flexibility index (Phi) is 5.57. The zero-order valence-electron chi connectivity index (χ0n) is 16.5. The molecule has 30 heavy (non-hydrogen) atoms. The van der Waals surface area contributed by atoms with Gasteiger partial charge >= 0.3 is 11.9 Å². The van der Waals surface area contributed by atoms with E-state index in [0.29, 0.717) is 48.7 Å². The van der Waals surface area contributed by atoms with Crippen LogP contribution in [0, 0.1) is 0 Å². The zero-order chi connectivity index (χ0) is 21.1. The summed E-state index contributed by atoms with van der Waals surface area (Å²) in [6, 6.07) is 15.4. The predicted octanol–water partition coefficient (Wildman–Crippen LogP) is 3.85. The van der Waals surface area contributed by atoms with Gasteiger partial charge in [0.05, 0.1) is 0 Å². The standard InChI is InChI=1S/C24H22O6/c1-15-11-21(29-23(15)25)13-27-19-7-3-17(4-8-19)18-5-9-20(10-6-18)28-14-22-12-16(2)24(26)30-22/h3-10,21-22H,1-2,11-14H2. The monoisotopic (exact) mass is 406 g/mol. The molecule has 0 saturated carbocycles. The van der Waals surface area contributed by atoms with E-state index in [-0.39, 0.29) is 24.1 Å². The van der Waals surface area contributed by atoms with Crippen LogP contribution in [0.25, 0.3) is 11.1 Å². The van der Waals surface area contributed by atoms with Gasteiger partial charge < -0.3 is 18.9 Å². The molecular formula is C24H22O6. The predicted molar refractivity (Wildman–Crippen MR) is 110 cm³/mol. The highest BCUT2D eigenvalue weighted by Gasteiger charge is 2.28. The molecule has 2 saturated heterocycles. The van der Waals surface area contributed by atoms with Crippen LogP contribution in [0.2, 0.25) is 0 Å². The first-order valence-corrected chi connectivity index (χ1v) is 9.71. The Balaban J connectivity index is 1.28. The Hall–Kier alpha value is -3.54. The summed E-state index contributed by atoms with van der Waals surface area (Å²) in [6.07, 6.45) is 0.457. The van der Waals surface area contributed by atoms with Crippen molar-refractivity contribution in [2.75, 3.05) is 13.2 Å². The summed E-state index contributed by atoms with van der Waals surface area (Å²) in [6.45, 7) is 7.94. The summed E-state index contributed by atoms with van der Waals surface area (Å²) in [7, 11) is 0. The third-order valence-corrected chi connectivity index (χ3v) is 4.99. The maximum absolute atomic E-state index is 11.3. The van der Waals surface area contributed by atoms with E-state index >= 15 is 0 Å². The zero-order valence-corrected chi connectivity index (χ0v) is 16.5. The van der Waals surface area contributed by atoms with E-state index in [0.717, 1.165) is 11.1 Å². The molecule has 2 heterocycles. The molecule has 2 aromatic carbocycles. The summed E-state index contributed by atoms with van der Waals surface area (Å²) in [4.78, 5) is 22.7. The minimum Gasteiger partial charge on any atom is -0.490 e. The summed E-state index contributed by atoms with van der Waals surface area (Å²) in [5, 5.41) is 0. The van der Waals surface area contributed by atoms with Crippen molar-refractivity contribution in [2.24, 2.45) is 0 Å². The Morgan fingerprint density at radius 2 is 1.07 bits per heavy atom. The van der Waals surface area contributed by atoms with E-state index in [1.807, 2.05) is 48.5 Å². The number of rotatable bonds is 7. The molecule has 2 unspecified atom stereocenters. The highest BCUT2D eigenvalue weighted by Crippen LogP contribution is 2.26. The van der Waals surface area contributed by atoms with Crippen molar-refractivity contribution < 1.29 is 28.5 Å². The Labute approximate surface area is 174 Å². The molecule has 0 N–H and O–H groups in total. The number of hydrogen-bond donors (Lipinski definition) is 0. The number of hydrogen-bond acceptors (Lipinski definition) is 6. The fourth-order valence-corrected chi connectivity index (χ4v) is 3.32. The molecule has 0 spiro atoms. The molecule has 0 amide bonds. The van der Waals surface area contributed by atoms with E-state index < -0.39 is 0 Å². The topological polar surface area (TPSA) is 71.1 Å². The number of esters is 2. The molecule has 154 valence electrons. The van der Waals surface area contributed by atoms with E-state index in [1.54, 1.807) is 0 Å². The van der Waals surface area contributed by atoms with Crippen LogP contribution in [0.1, 0.15) is 12.8 Å². The largest absolute Gasteiger partial charge is 0.490 e. The van der Waals surface area contributed by atoms with Crippen molar-refractivity contribution in [3.05, 3.63) is 72.8 Å². The normalized spacial score (nSPS) is 20.8. The van der Waals surface area contributed by atoms with Crippen molar-refractivity contribution in [3.8, 4) is 22.6 Å². The maximum Gasteiger partial charge on any atom is 0.333 e. The van der Waals surface area contributed by atoms with Crippen LogP contribution in [0.4, 0.5) is 0 Å². The fourth-order valence-electron chi connectivity index (χ4n) is 3.32. The Morgan fingerprint density at radius 3 is 1.37 bits per heavy atom. The lowest BCUT2D eigenvalue weighted by molar-refractivity contribution is -0.140. The van der Waals surface area contributed by atoms with Crippen LogP contribution < -0.4 is 9.47 Å². The fraction of sp³-hybridized carbons (Fsp3) is 0.250. The van der Waals surface area contributed by atoms with Gasteiger partial charge in [0.2, 0.25) is 0 Å². The summed E-state index contributed by atoms with van der Waals surface area (Å²) >= 11 is 0. The van der Waals surface area contributed by atoms with E-state index in [4.69, 9.17) is 18.9 Å². The highest BCUT2D eigenvalue weighted by molar-refractivity contribution is 5.90. The average Bonchev–Trinajstić information content (AvgIpc) is 3.25. The van der Waals surface area contributed by atoms with Gasteiger partial charge in [-0.15, -0.1) is 0 Å². The maximum atomic E-state index is 11.3. The molecular weight excluding hydrogens is 384 g/mol. The molecule has 0 aromatic heterocycles. The highest BCUT2D eigenvalue weighted by atomic mass is 16.6. The summed E-state index contributed by atoms with van der Waals surface area (Å²) in [5.41, 5.74) is 3.05. The number of ether oxygens (including phenoxy) is 4. The summed E-state index contributed by atoms with van der Waals surface area (Å²) in [5.74, 6) is 0.724. The van der Waals surface area contributed by atoms with Crippen molar-refractivity contribution in [3.63, 3.8) is 0 Å². The minimum absolute atomic E-state index is 0.275. The molecule has 0 bridgehead atoms. The first-order valence-electron chi connectivity index (χ1n) is 9.71. The van der Waals surface area contributed by atoms with Crippen LogP contribution >= 0.6 is 0 Å². The van der Waals surface area contributed by atoms with Gasteiger partial charge in [-0.25, -0.2) is 9.59 Å². The number of carbonyl (C=O) groups excluding carboxylic acids is 2. The number of cyclic esters (lactones) is 2. The van der Waals surface area contributed by atoms with Crippen molar-refractivity contribution >= 4 is 11.9 Å². The van der Waals surface area contributed by atoms with Crippen molar-refractivity contribution in [1.82, 2.24) is 0 Å². The Morgan fingerprint density at radius 1 is 0.700 bits per heavy atom. The quantitative estimate of drug-likeness (QED) is 0.514. The molecule has 2 fully saturated rings. The van der Waals surface area contributed by atoms with Crippen molar-refractivity contribution in [2.45, 2.75) is 25.0 Å². The van der Waals surface area contributed by atoms with Gasteiger partial charge in [0.25, 0.3) is 0 Å². The lowest BCUT2D eigenvalue weighted by atomic mass is 10.1. The van der Waals surface area contributed by atoms with Gasteiger partial charge in [-0.2, -0.15) is 0 Å². The second kappa shape index (κ2) is 8.45. The third-order valence-electron chi connectivity index (χ3n) is 4.99. The summed E-state index contributed by atoms with van der Waals surface area (Å²) < 4.78 is 21.7. The number of carbonyl (C=O) groups is 2. The van der Waals surface area contributed by atoms with Gasteiger partial charge in [-0.3, -0.25) is 0 Å². The van der Waals surface area contributed by atoms with Crippen LogP contribution in [0.5, 0.6) is 11.5 Å². The van der Waals surface area contributed by atoms with Gasteiger partial charge in [0.1, 0.15) is 36.9 Å². The third kappa shape index (κ3) is 4.54. The van der Waals surface area contributed by atoms with E-state index in [2.05, 4.69) is 13.2 Å². The van der Waals surface area contributed by atoms with E-state index in [9.17, 15) is 9.59 Å². The molecule has 0 aliphatic carbocycles. The first-order chi connectivity index (χ1) is 14.5. The molecule has 0 radical (unpaired) electrons. The van der Waals surface area contributed by atoms with Gasteiger partial charge in [-0.05, 0) is 35.4 Å². The number of benzene rings is 2. The molecule has 2 aliphatic rings. The van der Waals surface area contributed by atoms with Gasteiger partial charge in [0.15, 0.2) is 0 Å². The lowest BCUT2D eigenvalue weighted by Gasteiger charge is -2.12. The van der Waals surface area contributed by atoms with Crippen molar-refractivity contribution in [1.29, 1.82) is 0 Å². The average molecular weight is 406 g/mol. The molecule has 6 nitrogen and oxygen atoms in total. The molecule has 2 aliphatic heterocycles. The Bertz CT molecular complexity index is 860. The smallest absolute Gasteiger partial charge is 0.333 e. The molecule has 4 rings (SSSR count). The van der Waals surface area contributed by atoms with Crippen LogP contribution in [-0.2, 0) is 19.1 Å². The van der Waals surface area contributed by atoms with Crippen LogP contribution in [0.3, 0.4) is 0 Å². The molecule has 2 aromatic rings. The van der Waals surface area contributed by atoms with Crippen LogP contribution in [-0.4, -0.2) is 37.4 Å².